The molecule has 0 amide bonds. The molecule has 8 aromatic carbocycles. The van der Waals surface area contributed by atoms with Crippen molar-refractivity contribution >= 4 is 62.6 Å². The second-order valence-corrected chi connectivity index (χ2v) is 14.1. The van der Waals surface area contributed by atoms with E-state index in [-0.39, 0.29) is 0 Å². The highest BCUT2D eigenvalue weighted by atomic mass is 15.2. The van der Waals surface area contributed by atoms with Crippen molar-refractivity contribution < 1.29 is 0 Å². The van der Waals surface area contributed by atoms with Gasteiger partial charge in [0.2, 0.25) is 0 Å². The van der Waals surface area contributed by atoms with Crippen molar-refractivity contribution in [3.63, 3.8) is 0 Å². The van der Waals surface area contributed by atoms with Gasteiger partial charge < -0.3 is 19.6 Å². The fraction of sp³-hybridized carbons (Fsp3) is 0.119. The summed E-state index contributed by atoms with van der Waals surface area (Å²) >= 11 is 0. The Balaban J connectivity index is 0.00000161. The molecule has 0 radical (unpaired) electrons. The van der Waals surface area contributed by atoms with E-state index in [1.165, 1.54) is 0 Å². The summed E-state index contributed by atoms with van der Waals surface area (Å²) in [4.78, 5) is 9.24. The highest BCUT2D eigenvalue weighted by Gasteiger charge is 2.19. The molecule has 0 atom stereocenters. The third-order valence-electron chi connectivity index (χ3n) is 10.2. The molecule has 0 N–H and O–H groups in total. The summed E-state index contributed by atoms with van der Waals surface area (Å²) in [5.41, 5.74) is 13.1. The summed E-state index contributed by atoms with van der Waals surface area (Å²) in [5, 5.41) is 0. The van der Waals surface area contributed by atoms with Crippen LogP contribution < -0.4 is 19.6 Å². The molecule has 8 aromatic rings. The maximum Gasteiger partial charge on any atom is 0.0463 e. The van der Waals surface area contributed by atoms with E-state index in [4.69, 9.17) is 0 Å². The van der Waals surface area contributed by atoms with Crippen LogP contribution in [0.15, 0.2) is 248 Å². The number of hydrogen-bond acceptors (Lipinski definition) is 4. The van der Waals surface area contributed by atoms with Crippen molar-refractivity contribution in [3.05, 3.63) is 248 Å². The zero-order valence-electron chi connectivity index (χ0n) is 37.6. The molecular weight excluding hydrogens is 765 g/mol. The summed E-state index contributed by atoms with van der Waals surface area (Å²) in [6.07, 6.45) is 7.56. The minimum Gasteiger partial charge on any atom is -0.311 e. The van der Waals surface area contributed by atoms with Gasteiger partial charge in [-0.2, -0.15) is 0 Å². The molecule has 63 heavy (non-hydrogen) atoms. The molecule has 0 spiro atoms. The van der Waals surface area contributed by atoms with Gasteiger partial charge in [-0.05, 0) is 153 Å². The van der Waals surface area contributed by atoms with Gasteiger partial charge in [-0.1, -0.05) is 138 Å². The molecule has 4 nitrogen and oxygen atoms in total. The number of benzene rings is 8. The largest absolute Gasteiger partial charge is 0.311 e. The number of para-hydroxylation sites is 5. The van der Waals surface area contributed by atoms with Crippen LogP contribution in [-0.2, 0) is 0 Å². The lowest BCUT2D eigenvalue weighted by atomic mass is 10.1. The van der Waals surface area contributed by atoms with Gasteiger partial charge in [0, 0.05) is 68.3 Å². The summed E-state index contributed by atoms with van der Waals surface area (Å²) < 4.78 is 0. The van der Waals surface area contributed by atoms with Gasteiger partial charge in [0.05, 0.1) is 0 Å². The standard InChI is InChI=1S/C55H48N4.2C2H6/c1-3-5-21-44(4-2)56(45-22-11-6-12-23-45)50-32-34-53(35-33-50)59(54-40-36-51(37-41-54)57(46-24-13-7-14-25-46)47-26-15-8-16-27-47)55-42-38-52(39-43-55)58(48-28-17-9-18-29-48)49-30-19-10-20-31-49;2*1-2/h4-43H,3H2,1-2H3;2*1-2H3/b21-5-,44-4+;;. The normalized spacial score (nSPS) is 10.8. The molecule has 0 unspecified atom stereocenters. The van der Waals surface area contributed by atoms with Crippen LogP contribution in [0.2, 0.25) is 0 Å². The molecule has 316 valence electrons. The Kier molecular flexibility index (Phi) is 16.7. The quantitative estimate of drug-likeness (QED) is 0.101. The fourth-order valence-corrected chi connectivity index (χ4v) is 7.46. The van der Waals surface area contributed by atoms with Crippen molar-refractivity contribution in [3.8, 4) is 0 Å². The van der Waals surface area contributed by atoms with E-state index in [2.05, 4.69) is 276 Å². The SMILES string of the molecule is C/C=C(\C=C/CC)N(c1ccccc1)c1ccc(N(c2ccc(N(c3ccccc3)c3ccccc3)cc2)c2ccc(N(c3ccccc3)c3ccccc3)cc2)cc1.CC.CC. The first-order valence-electron chi connectivity index (χ1n) is 22.3. The first-order valence-corrected chi connectivity index (χ1v) is 22.3. The maximum atomic E-state index is 2.34. The van der Waals surface area contributed by atoms with Gasteiger partial charge in [0.25, 0.3) is 0 Å². The predicted molar refractivity (Wildman–Crippen MR) is 275 cm³/mol. The van der Waals surface area contributed by atoms with E-state index < -0.39 is 0 Å². The van der Waals surface area contributed by atoms with Gasteiger partial charge in [-0.15, -0.1) is 0 Å². The Morgan fingerprint density at radius 3 is 0.762 bits per heavy atom. The van der Waals surface area contributed by atoms with Crippen LogP contribution in [0.4, 0.5) is 62.6 Å². The van der Waals surface area contributed by atoms with Gasteiger partial charge >= 0.3 is 0 Å². The Bertz CT molecular complexity index is 2350. The third kappa shape index (κ3) is 11.0. The highest BCUT2D eigenvalue weighted by molar-refractivity contribution is 5.84. The summed E-state index contributed by atoms with van der Waals surface area (Å²) in [6.45, 7) is 12.3. The van der Waals surface area contributed by atoms with E-state index in [0.717, 1.165) is 74.7 Å². The zero-order chi connectivity index (χ0) is 44.2. The molecule has 0 saturated heterocycles. The average Bonchev–Trinajstić information content (AvgIpc) is 3.37. The molecule has 0 aliphatic carbocycles. The van der Waals surface area contributed by atoms with Crippen molar-refractivity contribution in [1.29, 1.82) is 0 Å². The summed E-state index contributed by atoms with van der Waals surface area (Å²) in [6, 6.07) is 79.4. The van der Waals surface area contributed by atoms with Crippen molar-refractivity contribution in [2.45, 2.75) is 48.0 Å². The molecule has 4 heteroatoms. The van der Waals surface area contributed by atoms with E-state index in [1.807, 2.05) is 27.7 Å². The Labute approximate surface area is 377 Å². The van der Waals surface area contributed by atoms with Crippen molar-refractivity contribution in [2.24, 2.45) is 0 Å². The first kappa shape index (κ1) is 45.0. The van der Waals surface area contributed by atoms with Crippen LogP contribution in [0.3, 0.4) is 0 Å². The molecule has 8 rings (SSSR count). The predicted octanol–water partition coefficient (Wildman–Crippen LogP) is 18.2. The number of anilines is 11. The number of nitrogens with zero attached hydrogens (tertiary/aromatic N) is 4. The molecule has 0 fully saturated rings. The number of allylic oxidation sites excluding steroid dienone is 3. The minimum absolute atomic E-state index is 0.967. The second-order valence-electron chi connectivity index (χ2n) is 14.1. The highest BCUT2D eigenvalue weighted by Crippen LogP contribution is 2.42. The maximum absolute atomic E-state index is 2.34. The summed E-state index contributed by atoms with van der Waals surface area (Å²) in [5.74, 6) is 0. The third-order valence-corrected chi connectivity index (χ3v) is 10.2. The smallest absolute Gasteiger partial charge is 0.0463 e. The van der Waals surface area contributed by atoms with Gasteiger partial charge in [-0.25, -0.2) is 0 Å². The molecule has 0 aliphatic heterocycles. The molecular formula is C59H60N4. The number of hydrogen-bond donors (Lipinski definition) is 0. The molecule has 0 aliphatic rings. The van der Waals surface area contributed by atoms with E-state index >= 15 is 0 Å². The molecule has 0 saturated carbocycles. The van der Waals surface area contributed by atoms with Gasteiger partial charge in [0.1, 0.15) is 0 Å². The van der Waals surface area contributed by atoms with Crippen LogP contribution in [0.1, 0.15) is 48.0 Å². The molecule has 0 aromatic heterocycles. The average molecular weight is 825 g/mol. The van der Waals surface area contributed by atoms with E-state index in [9.17, 15) is 0 Å². The Hall–Kier alpha value is -7.56. The molecule has 0 bridgehead atoms. The monoisotopic (exact) mass is 824 g/mol. The first-order chi connectivity index (χ1) is 31.2. The van der Waals surface area contributed by atoms with Crippen LogP contribution in [0.5, 0.6) is 0 Å². The van der Waals surface area contributed by atoms with Crippen molar-refractivity contribution in [1.82, 2.24) is 0 Å². The minimum atomic E-state index is 0.967. The van der Waals surface area contributed by atoms with Crippen LogP contribution in [0, 0.1) is 0 Å². The lowest BCUT2D eigenvalue weighted by Crippen LogP contribution is -2.16. The van der Waals surface area contributed by atoms with E-state index in [0.29, 0.717) is 0 Å². The van der Waals surface area contributed by atoms with Crippen LogP contribution >= 0.6 is 0 Å². The van der Waals surface area contributed by atoms with Gasteiger partial charge in [0.15, 0.2) is 0 Å². The lowest BCUT2D eigenvalue weighted by molar-refractivity contribution is 1.17. The Morgan fingerprint density at radius 2 is 0.524 bits per heavy atom. The zero-order valence-corrected chi connectivity index (χ0v) is 37.6. The summed E-state index contributed by atoms with van der Waals surface area (Å²) in [7, 11) is 0. The van der Waals surface area contributed by atoms with Crippen molar-refractivity contribution in [2.75, 3.05) is 19.6 Å². The second kappa shape index (κ2) is 23.4. The molecule has 0 heterocycles. The van der Waals surface area contributed by atoms with E-state index in [1.54, 1.807) is 0 Å². The van der Waals surface area contributed by atoms with Gasteiger partial charge in [-0.3, -0.25) is 0 Å². The Morgan fingerprint density at radius 1 is 0.317 bits per heavy atom. The van der Waals surface area contributed by atoms with Crippen LogP contribution in [-0.4, -0.2) is 0 Å². The lowest BCUT2D eigenvalue weighted by Gasteiger charge is -2.30. The fourth-order valence-electron chi connectivity index (χ4n) is 7.46. The topological polar surface area (TPSA) is 13.0 Å². The van der Waals surface area contributed by atoms with Crippen LogP contribution in [0.25, 0.3) is 0 Å². The number of rotatable bonds is 14.